The summed E-state index contributed by atoms with van der Waals surface area (Å²) in [5, 5.41) is 3.36. The molecule has 0 aliphatic rings. The van der Waals surface area contributed by atoms with E-state index >= 15 is 0 Å². The van der Waals surface area contributed by atoms with E-state index in [9.17, 15) is 4.39 Å². The summed E-state index contributed by atoms with van der Waals surface area (Å²) in [5.41, 5.74) is 1.03. The van der Waals surface area contributed by atoms with Gasteiger partial charge in [0.2, 0.25) is 0 Å². The smallest absolute Gasteiger partial charge is 0.123 e. The zero-order chi connectivity index (χ0) is 10.6. The van der Waals surface area contributed by atoms with Crippen LogP contribution in [0.25, 0.3) is 0 Å². The van der Waals surface area contributed by atoms with Crippen molar-refractivity contribution in [3.8, 4) is 0 Å². The van der Waals surface area contributed by atoms with E-state index in [1.165, 1.54) is 6.07 Å². The molecule has 1 unspecified atom stereocenters. The molecule has 0 fully saturated rings. The first-order valence-corrected chi connectivity index (χ1v) is 5.14. The Bertz CT molecular complexity index is 283. The fourth-order valence-electron chi connectivity index (χ4n) is 1.66. The van der Waals surface area contributed by atoms with Gasteiger partial charge in [-0.3, -0.25) is 0 Å². The SMILES string of the molecule is CCNC(c1cccc(F)c1)C(C)C. The molecule has 1 atom stereocenters. The lowest BCUT2D eigenvalue weighted by atomic mass is 9.96. The number of nitrogens with one attached hydrogen (secondary N) is 1. The van der Waals surface area contributed by atoms with Gasteiger partial charge < -0.3 is 5.32 Å². The van der Waals surface area contributed by atoms with Crippen LogP contribution < -0.4 is 5.32 Å². The Balaban J connectivity index is 2.87. The molecule has 2 heteroatoms. The quantitative estimate of drug-likeness (QED) is 0.778. The molecule has 0 aliphatic carbocycles. The first kappa shape index (κ1) is 11.2. The Hall–Kier alpha value is -0.890. The molecule has 0 aliphatic heterocycles. The molecule has 1 nitrogen and oxygen atoms in total. The van der Waals surface area contributed by atoms with Crippen LogP contribution in [-0.4, -0.2) is 6.54 Å². The van der Waals surface area contributed by atoms with E-state index in [-0.39, 0.29) is 11.9 Å². The van der Waals surface area contributed by atoms with E-state index in [0.29, 0.717) is 5.92 Å². The summed E-state index contributed by atoms with van der Waals surface area (Å²) in [4.78, 5) is 0. The van der Waals surface area contributed by atoms with Gasteiger partial charge in [0, 0.05) is 6.04 Å². The maximum absolute atomic E-state index is 13.0. The Kier molecular flexibility index (Phi) is 4.08. The van der Waals surface area contributed by atoms with E-state index in [2.05, 4.69) is 26.1 Å². The molecular formula is C12H18FN. The van der Waals surface area contributed by atoms with Gasteiger partial charge >= 0.3 is 0 Å². The molecular weight excluding hydrogens is 177 g/mol. The van der Waals surface area contributed by atoms with E-state index in [1.807, 2.05) is 6.07 Å². The van der Waals surface area contributed by atoms with E-state index in [4.69, 9.17) is 0 Å². The van der Waals surface area contributed by atoms with Crippen molar-refractivity contribution in [3.05, 3.63) is 35.6 Å². The van der Waals surface area contributed by atoms with Gasteiger partial charge in [-0.25, -0.2) is 4.39 Å². The molecule has 14 heavy (non-hydrogen) atoms. The topological polar surface area (TPSA) is 12.0 Å². The molecule has 78 valence electrons. The molecule has 0 radical (unpaired) electrons. The Morgan fingerprint density at radius 3 is 2.57 bits per heavy atom. The number of hydrogen-bond donors (Lipinski definition) is 1. The lowest BCUT2D eigenvalue weighted by molar-refractivity contribution is 0.420. The van der Waals surface area contributed by atoms with Gasteiger partial charge in [-0.05, 0) is 30.2 Å². The predicted octanol–water partition coefficient (Wildman–Crippen LogP) is 3.13. The first-order chi connectivity index (χ1) is 6.65. The average molecular weight is 195 g/mol. The summed E-state index contributed by atoms with van der Waals surface area (Å²) in [7, 11) is 0. The highest BCUT2D eigenvalue weighted by Crippen LogP contribution is 2.21. The van der Waals surface area contributed by atoms with Gasteiger partial charge in [-0.15, -0.1) is 0 Å². The highest BCUT2D eigenvalue weighted by atomic mass is 19.1. The van der Waals surface area contributed by atoms with Crippen molar-refractivity contribution in [3.63, 3.8) is 0 Å². The maximum atomic E-state index is 13.0. The van der Waals surface area contributed by atoms with Crippen molar-refractivity contribution in [1.29, 1.82) is 0 Å². The Morgan fingerprint density at radius 2 is 2.07 bits per heavy atom. The number of benzene rings is 1. The molecule has 0 bridgehead atoms. The summed E-state index contributed by atoms with van der Waals surface area (Å²) in [6.07, 6.45) is 0. The van der Waals surface area contributed by atoms with Crippen molar-refractivity contribution in [2.24, 2.45) is 5.92 Å². The fourth-order valence-corrected chi connectivity index (χ4v) is 1.66. The minimum Gasteiger partial charge on any atom is -0.310 e. The standard InChI is InChI=1S/C12H18FN/c1-4-14-12(9(2)3)10-6-5-7-11(13)8-10/h5-9,12,14H,4H2,1-3H3. The molecule has 0 saturated carbocycles. The third kappa shape index (κ3) is 2.81. The van der Waals surface area contributed by atoms with Crippen LogP contribution >= 0.6 is 0 Å². The molecule has 1 N–H and O–H groups in total. The summed E-state index contributed by atoms with van der Waals surface area (Å²) in [6, 6.07) is 7.06. The molecule has 1 rings (SSSR count). The lowest BCUT2D eigenvalue weighted by Gasteiger charge is -2.22. The predicted molar refractivity (Wildman–Crippen MR) is 57.7 cm³/mol. The van der Waals surface area contributed by atoms with Gasteiger partial charge in [0.05, 0.1) is 0 Å². The lowest BCUT2D eigenvalue weighted by Crippen LogP contribution is -2.25. The van der Waals surface area contributed by atoms with Gasteiger partial charge in [0.25, 0.3) is 0 Å². The van der Waals surface area contributed by atoms with Crippen LogP contribution in [0.3, 0.4) is 0 Å². The third-order valence-corrected chi connectivity index (χ3v) is 2.30. The van der Waals surface area contributed by atoms with Crippen LogP contribution in [-0.2, 0) is 0 Å². The van der Waals surface area contributed by atoms with Crippen LogP contribution in [0, 0.1) is 11.7 Å². The van der Waals surface area contributed by atoms with Gasteiger partial charge in [-0.1, -0.05) is 32.9 Å². The molecule has 0 amide bonds. The van der Waals surface area contributed by atoms with Crippen LogP contribution in [0.15, 0.2) is 24.3 Å². The average Bonchev–Trinajstić information content (AvgIpc) is 2.13. The number of hydrogen-bond acceptors (Lipinski definition) is 1. The summed E-state index contributed by atoms with van der Waals surface area (Å²) in [5.74, 6) is 0.308. The minimum absolute atomic E-state index is 0.161. The molecule has 0 spiro atoms. The van der Waals surface area contributed by atoms with E-state index in [0.717, 1.165) is 12.1 Å². The van der Waals surface area contributed by atoms with Crippen molar-refractivity contribution in [2.45, 2.75) is 26.8 Å². The second kappa shape index (κ2) is 5.11. The monoisotopic (exact) mass is 195 g/mol. The van der Waals surface area contributed by atoms with E-state index < -0.39 is 0 Å². The Morgan fingerprint density at radius 1 is 1.36 bits per heavy atom. The zero-order valence-corrected chi connectivity index (χ0v) is 9.05. The van der Waals surface area contributed by atoms with Gasteiger partial charge in [0.1, 0.15) is 5.82 Å². The van der Waals surface area contributed by atoms with Crippen molar-refractivity contribution < 1.29 is 4.39 Å². The van der Waals surface area contributed by atoms with Crippen LogP contribution in [0.5, 0.6) is 0 Å². The second-order valence-electron chi connectivity index (χ2n) is 3.83. The Labute approximate surface area is 85.3 Å². The zero-order valence-electron chi connectivity index (χ0n) is 9.05. The minimum atomic E-state index is -0.161. The molecule has 0 saturated heterocycles. The molecule has 0 heterocycles. The highest BCUT2D eigenvalue weighted by molar-refractivity contribution is 5.20. The van der Waals surface area contributed by atoms with Crippen molar-refractivity contribution in [1.82, 2.24) is 5.32 Å². The number of rotatable bonds is 4. The van der Waals surface area contributed by atoms with E-state index in [1.54, 1.807) is 12.1 Å². The summed E-state index contributed by atoms with van der Waals surface area (Å²) in [6.45, 7) is 7.24. The normalized spacial score (nSPS) is 13.2. The van der Waals surface area contributed by atoms with Gasteiger partial charge in [0.15, 0.2) is 0 Å². The maximum Gasteiger partial charge on any atom is 0.123 e. The molecule has 0 aromatic heterocycles. The third-order valence-electron chi connectivity index (χ3n) is 2.30. The van der Waals surface area contributed by atoms with Crippen LogP contribution in [0.4, 0.5) is 4.39 Å². The van der Waals surface area contributed by atoms with Crippen LogP contribution in [0.1, 0.15) is 32.4 Å². The van der Waals surface area contributed by atoms with Crippen molar-refractivity contribution in [2.75, 3.05) is 6.54 Å². The first-order valence-electron chi connectivity index (χ1n) is 5.14. The fraction of sp³-hybridized carbons (Fsp3) is 0.500. The number of halogens is 1. The van der Waals surface area contributed by atoms with Crippen molar-refractivity contribution >= 4 is 0 Å². The largest absolute Gasteiger partial charge is 0.310 e. The van der Waals surface area contributed by atoms with Gasteiger partial charge in [-0.2, -0.15) is 0 Å². The highest BCUT2D eigenvalue weighted by Gasteiger charge is 2.14. The summed E-state index contributed by atoms with van der Waals surface area (Å²) >= 11 is 0. The molecule has 1 aromatic rings. The van der Waals surface area contributed by atoms with Crippen LogP contribution in [0.2, 0.25) is 0 Å². The molecule has 1 aromatic carbocycles. The summed E-state index contributed by atoms with van der Waals surface area (Å²) < 4.78 is 13.0. The second-order valence-corrected chi connectivity index (χ2v) is 3.83.